The van der Waals surface area contributed by atoms with Gasteiger partial charge in [-0.1, -0.05) is 18.2 Å². The molecule has 1 aromatic carbocycles. The van der Waals surface area contributed by atoms with Crippen LogP contribution in [0.3, 0.4) is 0 Å². The van der Waals surface area contributed by atoms with Gasteiger partial charge >= 0.3 is 0 Å². The van der Waals surface area contributed by atoms with Crippen LogP contribution in [0.1, 0.15) is 11.3 Å². The number of anilines is 1. The fourth-order valence-electron chi connectivity index (χ4n) is 1.69. The van der Waals surface area contributed by atoms with E-state index in [9.17, 15) is 8.42 Å². The summed E-state index contributed by atoms with van der Waals surface area (Å²) in [5.74, 6) is 0.344. The second kappa shape index (κ2) is 4.78. The lowest BCUT2D eigenvalue weighted by Crippen LogP contribution is -2.14. The molecule has 0 aliphatic rings. The summed E-state index contributed by atoms with van der Waals surface area (Å²) in [5.41, 5.74) is 1.74. The number of pyridine rings is 1. The molecule has 0 saturated heterocycles. The summed E-state index contributed by atoms with van der Waals surface area (Å²) in [6, 6.07) is 11.8. The van der Waals surface area contributed by atoms with E-state index < -0.39 is 10.0 Å². The van der Waals surface area contributed by atoms with Crippen LogP contribution in [0.2, 0.25) is 0 Å². The van der Waals surface area contributed by atoms with E-state index in [1.54, 1.807) is 36.4 Å². The Morgan fingerprint density at radius 2 is 1.72 bits per heavy atom. The third-order valence-corrected chi connectivity index (χ3v) is 3.76. The van der Waals surface area contributed by atoms with E-state index in [1.165, 1.54) is 0 Å². The van der Waals surface area contributed by atoms with Crippen LogP contribution in [0, 0.1) is 13.8 Å². The maximum Gasteiger partial charge on any atom is 0.263 e. The summed E-state index contributed by atoms with van der Waals surface area (Å²) in [7, 11) is -3.56. The molecule has 1 heterocycles. The van der Waals surface area contributed by atoms with E-state index in [0.717, 1.165) is 11.3 Å². The first kappa shape index (κ1) is 12.6. The zero-order valence-electron chi connectivity index (χ0n) is 10.2. The van der Waals surface area contributed by atoms with Crippen molar-refractivity contribution in [3.05, 3.63) is 53.7 Å². The van der Waals surface area contributed by atoms with Gasteiger partial charge in [0.25, 0.3) is 10.0 Å². The molecule has 0 fully saturated rings. The topological polar surface area (TPSA) is 59.1 Å². The normalized spacial score (nSPS) is 11.2. The zero-order chi connectivity index (χ0) is 13.2. The maximum atomic E-state index is 12.1. The fraction of sp³-hybridized carbons (Fsp3) is 0.154. The molecule has 0 spiro atoms. The average molecular weight is 262 g/mol. The third-order valence-electron chi connectivity index (χ3n) is 2.39. The first-order valence-electron chi connectivity index (χ1n) is 5.50. The number of hydrogen-bond acceptors (Lipinski definition) is 3. The van der Waals surface area contributed by atoms with Crippen molar-refractivity contribution in [2.75, 3.05) is 4.72 Å². The Hall–Kier alpha value is -1.88. The van der Waals surface area contributed by atoms with Crippen LogP contribution in [-0.4, -0.2) is 13.4 Å². The van der Waals surface area contributed by atoms with E-state index in [4.69, 9.17) is 0 Å². The average Bonchev–Trinajstić information content (AvgIpc) is 2.28. The molecule has 18 heavy (non-hydrogen) atoms. The first-order chi connectivity index (χ1) is 8.47. The number of benzene rings is 1. The van der Waals surface area contributed by atoms with Crippen LogP contribution in [0.15, 0.2) is 47.4 Å². The predicted octanol–water partition coefficient (Wildman–Crippen LogP) is 2.50. The number of hydrogen-bond donors (Lipinski definition) is 1. The Balaban J connectivity index is 2.34. The van der Waals surface area contributed by atoms with Crippen molar-refractivity contribution in [1.29, 1.82) is 0 Å². The molecule has 0 amide bonds. The minimum atomic E-state index is -3.56. The highest BCUT2D eigenvalue weighted by Gasteiger charge is 2.14. The van der Waals surface area contributed by atoms with Gasteiger partial charge in [0.2, 0.25) is 0 Å². The zero-order valence-corrected chi connectivity index (χ0v) is 11.0. The summed E-state index contributed by atoms with van der Waals surface area (Å²) in [4.78, 5) is 4.38. The van der Waals surface area contributed by atoms with Gasteiger partial charge in [0.15, 0.2) is 0 Å². The monoisotopic (exact) mass is 262 g/mol. The quantitative estimate of drug-likeness (QED) is 0.924. The molecule has 1 N–H and O–H groups in total. The number of aromatic nitrogens is 1. The Bertz CT molecular complexity index is 632. The van der Waals surface area contributed by atoms with Gasteiger partial charge in [-0.3, -0.25) is 4.72 Å². The van der Waals surface area contributed by atoms with Crippen LogP contribution in [-0.2, 0) is 10.0 Å². The van der Waals surface area contributed by atoms with E-state index >= 15 is 0 Å². The lowest BCUT2D eigenvalue weighted by atomic mass is 10.2. The van der Waals surface area contributed by atoms with Crippen LogP contribution in [0.5, 0.6) is 0 Å². The number of sulfonamides is 1. The number of nitrogens with one attached hydrogen (secondary N) is 1. The van der Waals surface area contributed by atoms with Gasteiger partial charge in [-0.25, -0.2) is 13.4 Å². The highest BCUT2D eigenvalue weighted by atomic mass is 32.2. The molecule has 5 heteroatoms. The summed E-state index contributed by atoms with van der Waals surface area (Å²) in [5, 5.41) is 0. The van der Waals surface area contributed by atoms with Crippen molar-refractivity contribution in [1.82, 2.24) is 4.98 Å². The van der Waals surface area contributed by atoms with Gasteiger partial charge < -0.3 is 0 Å². The van der Waals surface area contributed by atoms with Crippen molar-refractivity contribution < 1.29 is 8.42 Å². The number of rotatable bonds is 3. The Morgan fingerprint density at radius 1 is 1.06 bits per heavy atom. The second-order valence-electron chi connectivity index (χ2n) is 4.09. The highest BCUT2D eigenvalue weighted by molar-refractivity contribution is 7.92. The lowest BCUT2D eigenvalue weighted by Gasteiger charge is -2.08. The van der Waals surface area contributed by atoms with Crippen molar-refractivity contribution in [2.45, 2.75) is 18.7 Å². The van der Waals surface area contributed by atoms with Crippen LogP contribution >= 0.6 is 0 Å². The second-order valence-corrected chi connectivity index (χ2v) is 5.77. The van der Waals surface area contributed by atoms with Gasteiger partial charge in [0, 0.05) is 5.69 Å². The van der Waals surface area contributed by atoms with Crippen LogP contribution < -0.4 is 4.72 Å². The maximum absolute atomic E-state index is 12.1. The molecule has 0 saturated carbocycles. The smallest absolute Gasteiger partial charge is 0.263 e. The van der Waals surface area contributed by atoms with Gasteiger partial charge in [0.1, 0.15) is 5.82 Å². The molecule has 0 atom stereocenters. The summed E-state index contributed by atoms with van der Waals surface area (Å²) < 4.78 is 26.6. The van der Waals surface area contributed by atoms with Crippen LogP contribution in [0.4, 0.5) is 5.82 Å². The summed E-state index contributed by atoms with van der Waals surface area (Å²) >= 11 is 0. The SMILES string of the molecule is Cc1cc(C)nc(NS(=O)(=O)c2ccccc2)c1. The molecule has 4 nitrogen and oxygen atoms in total. The highest BCUT2D eigenvalue weighted by Crippen LogP contribution is 2.15. The molecule has 2 rings (SSSR count). The Kier molecular flexibility index (Phi) is 3.34. The molecule has 0 aliphatic carbocycles. The molecular weight excluding hydrogens is 248 g/mol. The van der Waals surface area contributed by atoms with Gasteiger partial charge in [0.05, 0.1) is 4.90 Å². The van der Waals surface area contributed by atoms with Gasteiger partial charge in [-0.05, 0) is 43.7 Å². The lowest BCUT2D eigenvalue weighted by molar-refractivity contribution is 0.601. The van der Waals surface area contributed by atoms with Crippen molar-refractivity contribution in [3.63, 3.8) is 0 Å². The largest absolute Gasteiger partial charge is 0.263 e. The molecular formula is C13H14N2O2S. The van der Waals surface area contributed by atoms with E-state index in [1.807, 2.05) is 19.9 Å². The minimum Gasteiger partial charge on any atom is -0.263 e. The molecule has 0 aliphatic heterocycles. The molecule has 0 bridgehead atoms. The van der Waals surface area contributed by atoms with Crippen molar-refractivity contribution in [2.24, 2.45) is 0 Å². The van der Waals surface area contributed by atoms with E-state index in [-0.39, 0.29) is 4.90 Å². The molecule has 0 unspecified atom stereocenters. The Morgan fingerprint density at radius 3 is 2.33 bits per heavy atom. The molecule has 1 aromatic heterocycles. The van der Waals surface area contributed by atoms with Crippen molar-refractivity contribution >= 4 is 15.8 Å². The summed E-state index contributed by atoms with van der Waals surface area (Å²) in [6.45, 7) is 3.72. The summed E-state index contributed by atoms with van der Waals surface area (Å²) in [6.07, 6.45) is 0. The van der Waals surface area contributed by atoms with E-state index in [0.29, 0.717) is 5.82 Å². The molecule has 2 aromatic rings. The Labute approximate surface area is 107 Å². The third kappa shape index (κ3) is 2.87. The number of nitrogens with zero attached hydrogens (tertiary/aromatic N) is 1. The molecule has 0 radical (unpaired) electrons. The first-order valence-corrected chi connectivity index (χ1v) is 6.99. The minimum absolute atomic E-state index is 0.228. The van der Waals surface area contributed by atoms with Gasteiger partial charge in [-0.2, -0.15) is 0 Å². The van der Waals surface area contributed by atoms with Crippen molar-refractivity contribution in [3.8, 4) is 0 Å². The van der Waals surface area contributed by atoms with Gasteiger partial charge in [-0.15, -0.1) is 0 Å². The standard InChI is InChI=1S/C13H14N2O2S/c1-10-8-11(2)14-13(9-10)15-18(16,17)12-6-4-3-5-7-12/h3-9H,1-2H3,(H,14,15). The predicted molar refractivity (Wildman–Crippen MR) is 71.0 cm³/mol. The van der Waals surface area contributed by atoms with Crippen LogP contribution in [0.25, 0.3) is 0 Å². The van der Waals surface area contributed by atoms with E-state index in [2.05, 4.69) is 9.71 Å². The number of aryl methyl sites for hydroxylation is 2. The molecule has 94 valence electrons. The fourth-order valence-corrected chi connectivity index (χ4v) is 2.70.